The quantitative estimate of drug-likeness (QED) is 0.485. The van der Waals surface area contributed by atoms with Gasteiger partial charge < -0.3 is 15.0 Å². The first-order valence-corrected chi connectivity index (χ1v) is 11.4. The molecule has 0 spiro atoms. The van der Waals surface area contributed by atoms with Gasteiger partial charge in [0, 0.05) is 31.0 Å². The van der Waals surface area contributed by atoms with E-state index in [1.165, 1.54) is 6.07 Å². The number of carbonyl (C=O) groups is 1. The van der Waals surface area contributed by atoms with Gasteiger partial charge in [-0.3, -0.25) is 0 Å². The number of benzene rings is 2. The highest BCUT2D eigenvalue weighted by molar-refractivity contribution is 5.92. The lowest BCUT2D eigenvalue weighted by atomic mass is 9.99. The average molecular weight is 471 g/mol. The number of hydrogen-bond acceptors (Lipinski definition) is 5. The van der Waals surface area contributed by atoms with Crippen molar-refractivity contribution in [1.29, 1.82) is 0 Å². The maximum absolute atomic E-state index is 13.7. The standard InChI is InChI=1S/C26H30F2N4O2.H2/c1-16-9-10-20-21(13-16)30-23(19-8-6-5-7-18(19)22(27)28)31-24(20)32-12-11-17(14-32)29-25(33)34-15-26(2,3)4;/h5-10,13,17,22H,11-12,14-15H2,1-4H3,(H,29,33);1H/t17-;/m1./s1. The van der Waals surface area contributed by atoms with Gasteiger partial charge in [0.05, 0.1) is 18.2 Å². The zero-order valence-electron chi connectivity index (χ0n) is 19.9. The van der Waals surface area contributed by atoms with E-state index in [4.69, 9.17) is 9.72 Å². The topological polar surface area (TPSA) is 67.4 Å². The molecular weight excluding hydrogens is 438 g/mol. The lowest BCUT2D eigenvalue weighted by Gasteiger charge is -2.22. The predicted molar refractivity (Wildman–Crippen MR) is 131 cm³/mol. The van der Waals surface area contributed by atoms with Gasteiger partial charge in [0.15, 0.2) is 5.82 Å². The fourth-order valence-electron chi connectivity index (χ4n) is 4.04. The number of carbonyl (C=O) groups excluding carboxylic acids is 1. The highest BCUT2D eigenvalue weighted by Crippen LogP contribution is 2.34. The van der Waals surface area contributed by atoms with Crippen LogP contribution in [0.4, 0.5) is 19.4 Å². The summed E-state index contributed by atoms with van der Waals surface area (Å²) in [5.41, 5.74) is 1.84. The number of aryl methyl sites for hydroxylation is 1. The number of halogens is 2. The van der Waals surface area contributed by atoms with E-state index >= 15 is 0 Å². The smallest absolute Gasteiger partial charge is 0.407 e. The van der Waals surface area contributed by atoms with E-state index in [1.807, 2.05) is 45.9 Å². The summed E-state index contributed by atoms with van der Waals surface area (Å²) in [7, 11) is 0. The molecule has 0 unspecified atom stereocenters. The molecule has 2 heterocycles. The molecule has 1 amide bonds. The third-order valence-electron chi connectivity index (χ3n) is 5.72. The number of aromatic nitrogens is 2. The minimum atomic E-state index is -2.63. The Hall–Kier alpha value is -3.29. The molecular formula is C26H32F2N4O2. The molecule has 1 aromatic heterocycles. The van der Waals surface area contributed by atoms with Crippen LogP contribution in [-0.4, -0.2) is 41.8 Å². The second-order valence-corrected chi connectivity index (χ2v) is 9.99. The first-order valence-electron chi connectivity index (χ1n) is 11.4. The number of amides is 1. The monoisotopic (exact) mass is 470 g/mol. The highest BCUT2D eigenvalue weighted by Gasteiger charge is 2.28. The molecule has 0 saturated carbocycles. The van der Waals surface area contributed by atoms with Gasteiger partial charge in [-0.2, -0.15) is 0 Å². The third kappa shape index (κ3) is 5.43. The van der Waals surface area contributed by atoms with Crippen molar-refractivity contribution in [2.24, 2.45) is 5.41 Å². The van der Waals surface area contributed by atoms with Crippen molar-refractivity contribution in [2.75, 3.05) is 24.6 Å². The third-order valence-corrected chi connectivity index (χ3v) is 5.72. The number of alkyl carbamates (subject to hydrolysis) is 1. The maximum atomic E-state index is 13.7. The molecule has 34 heavy (non-hydrogen) atoms. The Balaban J connectivity index is 0.00000342. The molecule has 1 N–H and O–H groups in total. The summed E-state index contributed by atoms with van der Waals surface area (Å²) >= 11 is 0. The summed E-state index contributed by atoms with van der Waals surface area (Å²) in [4.78, 5) is 23.7. The first-order chi connectivity index (χ1) is 16.1. The molecule has 182 valence electrons. The van der Waals surface area contributed by atoms with E-state index in [1.54, 1.807) is 18.2 Å². The molecule has 4 rings (SSSR count). The molecule has 8 heteroatoms. The van der Waals surface area contributed by atoms with E-state index in [-0.39, 0.29) is 24.3 Å². The Labute approximate surface area is 199 Å². The number of rotatable bonds is 5. The number of nitrogens with one attached hydrogen (secondary N) is 1. The van der Waals surface area contributed by atoms with E-state index in [0.717, 1.165) is 17.4 Å². The fraction of sp³-hybridized carbons (Fsp3) is 0.423. The summed E-state index contributed by atoms with van der Waals surface area (Å²) in [6, 6.07) is 12.1. The van der Waals surface area contributed by atoms with Gasteiger partial charge in [0.2, 0.25) is 0 Å². The molecule has 1 atom stereocenters. The predicted octanol–water partition coefficient (Wildman–Crippen LogP) is 6.14. The molecule has 2 aromatic carbocycles. The summed E-state index contributed by atoms with van der Waals surface area (Å²) in [5, 5.41) is 3.78. The van der Waals surface area contributed by atoms with Crippen molar-refractivity contribution >= 4 is 22.8 Å². The lowest BCUT2D eigenvalue weighted by Crippen LogP contribution is -2.38. The lowest BCUT2D eigenvalue weighted by molar-refractivity contribution is 0.104. The molecule has 0 radical (unpaired) electrons. The molecule has 0 bridgehead atoms. The van der Waals surface area contributed by atoms with Gasteiger partial charge in [0.25, 0.3) is 6.43 Å². The van der Waals surface area contributed by atoms with Crippen LogP contribution in [0.25, 0.3) is 22.3 Å². The second kappa shape index (κ2) is 9.52. The van der Waals surface area contributed by atoms with Crippen molar-refractivity contribution in [3.05, 3.63) is 53.6 Å². The Kier molecular flexibility index (Phi) is 6.68. The molecule has 0 aliphatic carbocycles. The van der Waals surface area contributed by atoms with Crippen LogP contribution in [0.3, 0.4) is 0 Å². The van der Waals surface area contributed by atoms with Crippen LogP contribution in [0.2, 0.25) is 0 Å². The number of ether oxygens (including phenoxy) is 1. The Morgan fingerprint density at radius 2 is 2.00 bits per heavy atom. The number of fused-ring (bicyclic) bond motifs is 1. The van der Waals surface area contributed by atoms with E-state index in [0.29, 0.717) is 36.6 Å². The SMILES string of the molecule is Cc1ccc2c(N3CC[C@@H](NC(=O)OCC(C)(C)C)C3)nc(-c3ccccc3C(F)F)nc2c1.[HH]. The molecule has 3 aromatic rings. The van der Waals surface area contributed by atoms with Crippen LogP contribution in [0.5, 0.6) is 0 Å². The van der Waals surface area contributed by atoms with Gasteiger partial charge in [-0.1, -0.05) is 51.1 Å². The van der Waals surface area contributed by atoms with Crippen LogP contribution < -0.4 is 10.2 Å². The van der Waals surface area contributed by atoms with Crippen LogP contribution in [-0.2, 0) is 4.74 Å². The number of nitrogens with zero attached hydrogens (tertiary/aromatic N) is 3. The van der Waals surface area contributed by atoms with E-state index < -0.39 is 12.5 Å². The van der Waals surface area contributed by atoms with Crippen molar-refractivity contribution in [3.63, 3.8) is 0 Å². The van der Waals surface area contributed by atoms with Gasteiger partial charge in [0.1, 0.15) is 5.82 Å². The summed E-state index contributed by atoms with van der Waals surface area (Å²) in [6.45, 7) is 9.52. The van der Waals surface area contributed by atoms with Gasteiger partial charge in [-0.15, -0.1) is 0 Å². The number of hydrogen-bond donors (Lipinski definition) is 1. The molecule has 1 aliphatic heterocycles. The second-order valence-electron chi connectivity index (χ2n) is 9.99. The van der Waals surface area contributed by atoms with Crippen LogP contribution in [0.15, 0.2) is 42.5 Å². The summed E-state index contributed by atoms with van der Waals surface area (Å²) in [6.07, 6.45) is -2.34. The van der Waals surface area contributed by atoms with Crippen LogP contribution in [0, 0.1) is 12.3 Å². The van der Waals surface area contributed by atoms with E-state index in [2.05, 4.69) is 15.2 Å². The average Bonchev–Trinajstić information content (AvgIpc) is 3.24. The Morgan fingerprint density at radius 3 is 2.74 bits per heavy atom. The zero-order chi connectivity index (χ0) is 24.5. The minimum Gasteiger partial charge on any atom is -0.449 e. The van der Waals surface area contributed by atoms with E-state index in [9.17, 15) is 13.6 Å². The summed E-state index contributed by atoms with van der Waals surface area (Å²) < 4.78 is 32.7. The Morgan fingerprint density at radius 1 is 1.24 bits per heavy atom. The van der Waals surface area contributed by atoms with Gasteiger partial charge in [-0.25, -0.2) is 23.5 Å². The van der Waals surface area contributed by atoms with Gasteiger partial charge >= 0.3 is 6.09 Å². The molecule has 1 aliphatic rings. The van der Waals surface area contributed by atoms with Crippen molar-refractivity contribution < 1.29 is 19.7 Å². The summed E-state index contributed by atoms with van der Waals surface area (Å²) in [5.74, 6) is 0.946. The van der Waals surface area contributed by atoms with Crippen molar-refractivity contribution in [1.82, 2.24) is 15.3 Å². The molecule has 1 fully saturated rings. The van der Waals surface area contributed by atoms with Crippen molar-refractivity contribution in [2.45, 2.75) is 46.6 Å². The molecule has 6 nitrogen and oxygen atoms in total. The first kappa shape index (κ1) is 23.9. The van der Waals surface area contributed by atoms with Crippen LogP contribution in [0.1, 0.15) is 46.2 Å². The van der Waals surface area contributed by atoms with Crippen LogP contribution >= 0.6 is 0 Å². The van der Waals surface area contributed by atoms with Gasteiger partial charge in [-0.05, 0) is 36.5 Å². The minimum absolute atomic E-state index is 0. The fourth-order valence-corrected chi connectivity index (χ4v) is 4.04. The number of alkyl halides is 2. The molecule has 1 saturated heterocycles. The number of anilines is 1. The largest absolute Gasteiger partial charge is 0.449 e. The zero-order valence-corrected chi connectivity index (χ0v) is 19.9. The normalized spacial score (nSPS) is 16.3. The maximum Gasteiger partial charge on any atom is 0.407 e. The van der Waals surface area contributed by atoms with Crippen molar-refractivity contribution in [3.8, 4) is 11.4 Å². The Bertz CT molecular complexity index is 1200. The highest BCUT2D eigenvalue weighted by atomic mass is 19.3.